The first-order valence-corrected chi connectivity index (χ1v) is 8.94. The molecule has 0 bridgehead atoms. The molecule has 0 radical (unpaired) electrons. The third kappa shape index (κ3) is 5.26. The van der Waals surface area contributed by atoms with Crippen molar-refractivity contribution in [2.24, 2.45) is 0 Å². The van der Waals surface area contributed by atoms with E-state index in [9.17, 15) is 9.18 Å². The van der Waals surface area contributed by atoms with Gasteiger partial charge in [0.15, 0.2) is 6.54 Å². The van der Waals surface area contributed by atoms with Gasteiger partial charge in [0.25, 0.3) is 5.91 Å². The Morgan fingerprint density at radius 2 is 1.76 bits per heavy atom. The largest absolute Gasteiger partial charge is 0.322 e. The summed E-state index contributed by atoms with van der Waals surface area (Å²) in [6, 6.07) is 13.9. The van der Waals surface area contributed by atoms with Crippen LogP contribution in [0.15, 0.2) is 48.5 Å². The zero-order valence-corrected chi connectivity index (χ0v) is 14.8. The molecule has 25 heavy (non-hydrogen) atoms. The number of benzene rings is 2. The number of halogens is 2. The van der Waals surface area contributed by atoms with E-state index in [1.165, 1.54) is 27.5 Å². The summed E-state index contributed by atoms with van der Waals surface area (Å²) >= 11 is 6.23. The monoisotopic (exact) mass is 363 g/mol. The molecule has 0 unspecified atom stereocenters. The highest BCUT2D eigenvalue weighted by Crippen LogP contribution is 2.13. The summed E-state index contributed by atoms with van der Waals surface area (Å²) in [6.45, 7) is 5.23. The minimum atomic E-state index is -0.345. The van der Waals surface area contributed by atoms with Gasteiger partial charge in [0, 0.05) is 16.3 Å². The van der Waals surface area contributed by atoms with Crippen molar-refractivity contribution in [3.05, 3.63) is 64.9 Å². The Labute approximate surface area is 152 Å². The smallest absolute Gasteiger partial charge is 0.279 e. The average molecular weight is 364 g/mol. The SMILES string of the molecule is O=C(C[NH+]1CC[NH+](Cc2ccccc2Cl)CC1)Nc1cccc(F)c1. The molecule has 1 amide bonds. The third-order valence-corrected chi connectivity index (χ3v) is 4.95. The minimum Gasteiger partial charge on any atom is -0.322 e. The summed E-state index contributed by atoms with van der Waals surface area (Å²) in [7, 11) is 0. The fourth-order valence-corrected chi connectivity index (χ4v) is 3.42. The maximum atomic E-state index is 13.2. The topological polar surface area (TPSA) is 38.0 Å². The number of nitrogens with one attached hydrogen (secondary N) is 3. The molecule has 3 rings (SSSR count). The van der Waals surface area contributed by atoms with Gasteiger partial charge in [0.2, 0.25) is 0 Å². The van der Waals surface area contributed by atoms with Crippen LogP contribution >= 0.6 is 11.6 Å². The van der Waals surface area contributed by atoms with Crippen LogP contribution in [-0.4, -0.2) is 38.6 Å². The highest BCUT2D eigenvalue weighted by atomic mass is 35.5. The van der Waals surface area contributed by atoms with Gasteiger partial charge in [-0.15, -0.1) is 0 Å². The van der Waals surface area contributed by atoms with Crippen molar-refractivity contribution in [2.75, 3.05) is 38.0 Å². The molecule has 0 aromatic heterocycles. The highest BCUT2D eigenvalue weighted by Gasteiger charge is 2.25. The molecule has 1 aliphatic heterocycles. The van der Waals surface area contributed by atoms with Crippen LogP contribution in [0, 0.1) is 5.82 Å². The number of amides is 1. The van der Waals surface area contributed by atoms with Crippen LogP contribution in [0.1, 0.15) is 5.56 Å². The molecule has 0 atom stereocenters. The van der Waals surface area contributed by atoms with E-state index in [1.54, 1.807) is 12.1 Å². The Kier molecular flexibility index (Phi) is 6.02. The van der Waals surface area contributed by atoms with Gasteiger partial charge in [-0.05, 0) is 24.3 Å². The van der Waals surface area contributed by atoms with Crippen LogP contribution in [0.4, 0.5) is 10.1 Å². The van der Waals surface area contributed by atoms with E-state index in [1.807, 2.05) is 18.2 Å². The number of quaternary nitrogens is 2. The Bertz CT molecular complexity index is 732. The number of anilines is 1. The van der Waals surface area contributed by atoms with Crippen molar-refractivity contribution in [3.8, 4) is 0 Å². The lowest BCUT2D eigenvalue weighted by Gasteiger charge is -2.29. The third-order valence-electron chi connectivity index (χ3n) is 4.58. The molecule has 2 aromatic rings. The Morgan fingerprint density at radius 1 is 1.04 bits per heavy atom. The zero-order chi connectivity index (χ0) is 17.6. The normalized spacial score (nSPS) is 20.2. The average Bonchev–Trinajstić information content (AvgIpc) is 2.58. The number of hydrogen-bond acceptors (Lipinski definition) is 1. The van der Waals surface area contributed by atoms with Gasteiger partial charge in [-0.25, -0.2) is 4.39 Å². The molecule has 3 N–H and O–H groups in total. The molecule has 0 aliphatic carbocycles. The second-order valence-corrected chi connectivity index (χ2v) is 6.91. The van der Waals surface area contributed by atoms with Crippen molar-refractivity contribution in [2.45, 2.75) is 6.54 Å². The van der Waals surface area contributed by atoms with Crippen molar-refractivity contribution in [1.29, 1.82) is 0 Å². The summed E-state index contributed by atoms with van der Waals surface area (Å²) in [5, 5.41) is 3.58. The van der Waals surface area contributed by atoms with Gasteiger partial charge in [0.05, 0.1) is 0 Å². The van der Waals surface area contributed by atoms with E-state index in [0.29, 0.717) is 12.2 Å². The number of carbonyl (C=O) groups is 1. The Morgan fingerprint density at radius 3 is 2.48 bits per heavy atom. The molecule has 1 aliphatic rings. The van der Waals surface area contributed by atoms with E-state index in [-0.39, 0.29) is 11.7 Å². The lowest BCUT2D eigenvalue weighted by molar-refractivity contribution is -1.02. The molecular formula is C19H23ClFN3O+2. The van der Waals surface area contributed by atoms with Crippen LogP contribution < -0.4 is 15.1 Å². The first-order valence-electron chi connectivity index (χ1n) is 8.56. The summed E-state index contributed by atoms with van der Waals surface area (Å²) in [4.78, 5) is 14.9. The van der Waals surface area contributed by atoms with Gasteiger partial charge >= 0.3 is 0 Å². The molecule has 0 saturated carbocycles. The number of rotatable bonds is 5. The van der Waals surface area contributed by atoms with Gasteiger partial charge < -0.3 is 15.1 Å². The van der Waals surface area contributed by atoms with E-state index >= 15 is 0 Å². The summed E-state index contributed by atoms with van der Waals surface area (Å²) in [5.41, 5.74) is 1.68. The Hall–Kier alpha value is -1.95. The van der Waals surface area contributed by atoms with Gasteiger partial charge in [-0.3, -0.25) is 4.79 Å². The summed E-state index contributed by atoms with van der Waals surface area (Å²) < 4.78 is 13.2. The molecule has 1 saturated heterocycles. The van der Waals surface area contributed by atoms with Crippen LogP contribution in [0.5, 0.6) is 0 Å². The number of piperazine rings is 1. The van der Waals surface area contributed by atoms with Crippen molar-refractivity contribution in [3.63, 3.8) is 0 Å². The van der Waals surface area contributed by atoms with E-state index in [4.69, 9.17) is 11.6 Å². The first kappa shape index (κ1) is 17.9. The lowest BCUT2D eigenvalue weighted by atomic mass is 10.2. The fourth-order valence-electron chi connectivity index (χ4n) is 3.22. The molecule has 6 heteroatoms. The van der Waals surface area contributed by atoms with Gasteiger partial charge in [-0.1, -0.05) is 35.9 Å². The molecular weight excluding hydrogens is 341 g/mol. The van der Waals surface area contributed by atoms with E-state index < -0.39 is 0 Å². The van der Waals surface area contributed by atoms with Crippen molar-refractivity contribution < 1.29 is 19.0 Å². The zero-order valence-electron chi connectivity index (χ0n) is 14.0. The second-order valence-electron chi connectivity index (χ2n) is 6.50. The molecule has 2 aromatic carbocycles. The van der Waals surface area contributed by atoms with E-state index in [0.717, 1.165) is 37.7 Å². The Balaban J connectivity index is 1.44. The molecule has 132 valence electrons. The fraction of sp³-hybridized carbons (Fsp3) is 0.316. The number of hydrogen-bond donors (Lipinski definition) is 3. The second kappa shape index (κ2) is 8.43. The molecule has 1 heterocycles. The van der Waals surface area contributed by atoms with E-state index in [2.05, 4.69) is 11.4 Å². The predicted molar refractivity (Wildman–Crippen MR) is 96.4 cm³/mol. The molecule has 1 fully saturated rings. The quantitative estimate of drug-likeness (QED) is 0.707. The van der Waals surface area contributed by atoms with Crippen molar-refractivity contribution >= 4 is 23.2 Å². The van der Waals surface area contributed by atoms with Crippen LogP contribution in [-0.2, 0) is 11.3 Å². The summed E-state index contributed by atoms with van der Waals surface area (Å²) in [5.74, 6) is -0.419. The first-order chi connectivity index (χ1) is 12.1. The predicted octanol–water partition coefficient (Wildman–Crippen LogP) is 0.401. The van der Waals surface area contributed by atoms with Gasteiger partial charge in [0.1, 0.15) is 38.5 Å². The minimum absolute atomic E-state index is 0.0739. The van der Waals surface area contributed by atoms with Crippen LogP contribution in [0.3, 0.4) is 0 Å². The van der Waals surface area contributed by atoms with Crippen LogP contribution in [0.25, 0.3) is 0 Å². The number of carbonyl (C=O) groups excluding carboxylic acids is 1. The van der Waals surface area contributed by atoms with Crippen molar-refractivity contribution in [1.82, 2.24) is 0 Å². The highest BCUT2D eigenvalue weighted by molar-refractivity contribution is 6.31. The molecule has 0 spiro atoms. The molecule has 4 nitrogen and oxygen atoms in total. The van der Waals surface area contributed by atoms with Gasteiger partial charge in [-0.2, -0.15) is 0 Å². The maximum Gasteiger partial charge on any atom is 0.279 e. The summed E-state index contributed by atoms with van der Waals surface area (Å²) in [6.07, 6.45) is 0. The lowest BCUT2D eigenvalue weighted by Crippen LogP contribution is -3.28. The van der Waals surface area contributed by atoms with Crippen LogP contribution in [0.2, 0.25) is 5.02 Å². The maximum absolute atomic E-state index is 13.2. The standard InChI is InChI=1S/C19H21ClFN3O/c20-18-7-2-1-4-15(18)13-23-8-10-24(11-9-23)14-19(25)22-17-6-3-5-16(21)12-17/h1-7,12H,8-11,13-14H2,(H,22,25)/p+2.